The number of nitrogen functional groups attached to an aromatic ring is 1. The number of nitrogens with one attached hydrogen (secondary N) is 1. The zero-order valence-corrected chi connectivity index (χ0v) is 24.7. The van der Waals surface area contributed by atoms with Crippen LogP contribution in [0.25, 0.3) is 11.1 Å². The van der Waals surface area contributed by atoms with Gasteiger partial charge in [-0.1, -0.05) is 18.2 Å². The fourth-order valence-electron chi connectivity index (χ4n) is 5.93. The number of benzene rings is 2. The molecule has 44 heavy (non-hydrogen) atoms. The fourth-order valence-corrected chi connectivity index (χ4v) is 5.93. The molecule has 2 amide bonds. The van der Waals surface area contributed by atoms with Crippen LogP contribution in [-0.2, 0) is 13.6 Å². The minimum Gasteiger partial charge on any atom is -0.457 e. The first-order valence-electron chi connectivity index (χ1n) is 14.9. The van der Waals surface area contributed by atoms with Crippen molar-refractivity contribution in [2.45, 2.75) is 37.9 Å². The number of likely N-dealkylation sites (tertiary alicyclic amines) is 2. The van der Waals surface area contributed by atoms with Gasteiger partial charge in [0.2, 0.25) is 0 Å². The number of aliphatic hydroxyl groups excluding tert-OH is 1. The molecule has 4 heterocycles. The summed E-state index contributed by atoms with van der Waals surface area (Å²) < 4.78 is 7.75. The Labute approximate surface area is 256 Å². The van der Waals surface area contributed by atoms with E-state index in [1.807, 2.05) is 43.6 Å². The van der Waals surface area contributed by atoms with Gasteiger partial charge in [0.15, 0.2) is 0 Å². The summed E-state index contributed by atoms with van der Waals surface area (Å²) in [7, 11) is 1.82. The summed E-state index contributed by atoms with van der Waals surface area (Å²) in [6, 6.07) is 16.8. The Hall–Kier alpha value is -4.74. The van der Waals surface area contributed by atoms with Crippen LogP contribution in [0.15, 0.2) is 73.2 Å². The number of amides is 2. The number of carbonyl (C=O) groups is 2. The molecule has 2 aromatic carbocycles. The van der Waals surface area contributed by atoms with Gasteiger partial charge in [-0.2, -0.15) is 5.10 Å². The third-order valence-corrected chi connectivity index (χ3v) is 8.35. The zero-order chi connectivity index (χ0) is 30.6. The molecule has 0 aliphatic carbocycles. The number of rotatable bonds is 9. The monoisotopic (exact) mass is 595 g/mol. The van der Waals surface area contributed by atoms with E-state index in [-0.39, 0.29) is 36.3 Å². The first-order chi connectivity index (χ1) is 21.4. The van der Waals surface area contributed by atoms with Gasteiger partial charge in [0.25, 0.3) is 11.8 Å². The molecular weight excluding hydrogens is 558 g/mol. The predicted octanol–water partition coefficient (Wildman–Crippen LogP) is 3.46. The van der Waals surface area contributed by atoms with Crippen molar-refractivity contribution in [3.8, 4) is 22.6 Å². The Kier molecular flexibility index (Phi) is 8.58. The maximum atomic E-state index is 13.4. The summed E-state index contributed by atoms with van der Waals surface area (Å²) >= 11 is 0. The molecule has 0 bridgehead atoms. The topological polar surface area (TPSA) is 139 Å². The number of carbonyl (C=O) groups excluding carboxylic acids is 2. The largest absolute Gasteiger partial charge is 0.457 e. The molecule has 2 aliphatic rings. The lowest BCUT2D eigenvalue weighted by Crippen LogP contribution is -2.38. The van der Waals surface area contributed by atoms with E-state index in [0.717, 1.165) is 42.6 Å². The number of hydrogen-bond acceptors (Lipinski definition) is 8. The van der Waals surface area contributed by atoms with Crippen molar-refractivity contribution in [2.24, 2.45) is 7.05 Å². The van der Waals surface area contributed by atoms with Crippen molar-refractivity contribution in [1.29, 1.82) is 0 Å². The van der Waals surface area contributed by atoms with Crippen molar-refractivity contribution in [3.05, 3.63) is 89.9 Å². The van der Waals surface area contributed by atoms with Crippen LogP contribution in [-0.4, -0.2) is 79.8 Å². The van der Waals surface area contributed by atoms with Gasteiger partial charge in [0.05, 0.1) is 18.4 Å². The van der Waals surface area contributed by atoms with E-state index in [4.69, 9.17) is 10.5 Å². The molecule has 0 saturated carbocycles. The predicted molar refractivity (Wildman–Crippen MR) is 166 cm³/mol. The molecule has 0 unspecified atom stereocenters. The highest BCUT2D eigenvalue weighted by Gasteiger charge is 2.29. The Balaban J connectivity index is 1.04. The Bertz CT molecular complexity index is 1640. The highest BCUT2D eigenvalue weighted by Crippen LogP contribution is 2.26. The molecule has 228 valence electrons. The third-order valence-electron chi connectivity index (χ3n) is 8.35. The maximum Gasteiger partial charge on any atom is 0.255 e. The molecule has 2 saturated heterocycles. The van der Waals surface area contributed by atoms with Gasteiger partial charge in [0.1, 0.15) is 17.3 Å². The van der Waals surface area contributed by atoms with Gasteiger partial charge in [-0.05, 0) is 67.8 Å². The molecule has 0 radical (unpaired) electrons. The van der Waals surface area contributed by atoms with Crippen LogP contribution in [0, 0.1) is 0 Å². The number of aryl methyl sites for hydroxylation is 1. The maximum absolute atomic E-state index is 13.4. The van der Waals surface area contributed by atoms with E-state index in [1.54, 1.807) is 46.2 Å². The molecule has 11 nitrogen and oxygen atoms in total. The summed E-state index contributed by atoms with van der Waals surface area (Å²) in [5.41, 5.74) is 9.60. The van der Waals surface area contributed by atoms with Crippen LogP contribution in [0.3, 0.4) is 0 Å². The number of nitrogens with two attached hydrogens (primary N) is 1. The lowest BCUT2D eigenvalue weighted by molar-refractivity contribution is 0.0783. The zero-order valence-electron chi connectivity index (χ0n) is 24.7. The number of aliphatic hydroxyl groups is 1. The second-order valence-corrected chi connectivity index (χ2v) is 11.5. The van der Waals surface area contributed by atoms with E-state index < -0.39 is 0 Å². The number of ether oxygens (including phenoxy) is 1. The van der Waals surface area contributed by atoms with Gasteiger partial charge in [0, 0.05) is 67.8 Å². The van der Waals surface area contributed by atoms with E-state index in [1.165, 1.54) is 0 Å². The molecule has 4 aromatic rings. The smallest absolute Gasteiger partial charge is 0.255 e. The van der Waals surface area contributed by atoms with Crippen LogP contribution in [0.2, 0.25) is 0 Å². The normalized spacial score (nSPS) is 18.5. The first kappa shape index (κ1) is 29.3. The molecule has 2 aromatic heterocycles. The molecule has 2 aliphatic heterocycles. The number of hydrogen-bond donors (Lipinski definition) is 3. The molecule has 6 rings (SSSR count). The second-order valence-electron chi connectivity index (χ2n) is 11.5. The van der Waals surface area contributed by atoms with Crippen LogP contribution in [0.4, 0.5) is 5.82 Å². The molecule has 2 atom stereocenters. The Morgan fingerprint density at radius 2 is 1.89 bits per heavy atom. The van der Waals surface area contributed by atoms with Gasteiger partial charge in [-0.15, -0.1) is 0 Å². The van der Waals surface area contributed by atoms with Gasteiger partial charge in [-0.25, -0.2) is 4.98 Å². The van der Waals surface area contributed by atoms with Crippen molar-refractivity contribution in [1.82, 2.24) is 29.9 Å². The highest BCUT2D eigenvalue weighted by atomic mass is 16.5. The van der Waals surface area contributed by atoms with E-state index in [0.29, 0.717) is 42.1 Å². The summed E-state index contributed by atoms with van der Waals surface area (Å²) in [5, 5.41) is 16.8. The minimum atomic E-state index is -0.324. The fraction of sp³-hybridized carbons (Fsp3) is 0.333. The minimum absolute atomic E-state index is 0.119. The average Bonchev–Trinajstić information content (AvgIpc) is 3.80. The second kappa shape index (κ2) is 12.9. The van der Waals surface area contributed by atoms with Gasteiger partial charge < -0.3 is 25.8 Å². The van der Waals surface area contributed by atoms with Crippen molar-refractivity contribution in [2.75, 3.05) is 32.0 Å². The molecule has 0 spiro atoms. The molecular formula is C33H37N7O4. The average molecular weight is 596 g/mol. The molecule has 11 heteroatoms. The summed E-state index contributed by atoms with van der Waals surface area (Å²) in [6.45, 7) is 2.91. The number of nitrogens with zero attached hydrogens (tertiary/aromatic N) is 5. The Morgan fingerprint density at radius 1 is 1.05 bits per heavy atom. The van der Waals surface area contributed by atoms with E-state index in [2.05, 4.69) is 20.3 Å². The summed E-state index contributed by atoms with van der Waals surface area (Å²) in [4.78, 5) is 34.8. The molecule has 2 fully saturated rings. The van der Waals surface area contributed by atoms with E-state index in [9.17, 15) is 14.7 Å². The standard InChI is InChI=1S/C33H37N7O4/c1-38-19-25(17-36-38)24-15-30(31(34)35-16-24)32(42)37-26-11-13-40(20-26)33(43)23-4-2-6-29(14-23)44-28-9-7-22(8-10-28)18-39-12-3-5-27(39)21-41/h2,4,6-10,14-17,19,26-27,41H,3,5,11-13,18,20-21H2,1H3,(H2,34,35)(H,37,42)/t26-,27-/m1/s1. The van der Waals surface area contributed by atoms with Crippen LogP contribution >= 0.6 is 0 Å². The summed E-state index contributed by atoms with van der Waals surface area (Å²) in [6.07, 6.45) is 7.95. The number of aromatic nitrogens is 3. The van der Waals surface area contributed by atoms with Crippen LogP contribution in [0.1, 0.15) is 45.5 Å². The number of anilines is 1. The van der Waals surface area contributed by atoms with Crippen LogP contribution < -0.4 is 15.8 Å². The quantitative estimate of drug-likeness (QED) is 0.268. The Morgan fingerprint density at radius 3 is 2.66 bits per heavy atom. The third kappa shape index (κ3) is 6.58. The SMILES string of the molecule is Cn1cc(-c2cnc(N)c(C(=O)N[C@@H]3CCN(C(=O)c4cccc(Oc5ccc(CN6CCC[C@@H]6CO)cc5)c4)C3)c2)cn1. The van der Waals surface area contributed by atoms with Crippen molar-refractivity contribution < 1.29 is 19.4 Å². The van der Waals surface area contributed by atoms with E-state index >= 15 is 0 Å². The highest BCUT2D eigenvalue weighted by molar-refractivity contribution is 6.00. The van der Waals surface area contributed by atoms with Crippen molar-refractivity contribution in [3.63, 3.8) is 0 Å². The first-order valence-corrected chi connectivity index (χ1v) is 14.9. The van der Waals surface area contributed by atoms with Gasteiger partial charge in [-0.3, -0.25) is 19.2 Å². The number of pyridine rings is 1. The molecule has 4 N–H and O–H groups in total. The van der Waals surface area contributed by atoms with Gasteiger partial charge >= 0.3 is 0 Å². The van der Waals surface area contributed by atoms with Crippen molar-refractivity contribution >= 4 is 17.6 Å². The lowest BCUT2D eigenvalue weighted by Gasteiger charge is -2.22. The van der Waals surface area contributed by atoms with Crippen LogP contribution in [0.5, 0.6) is 11.5 Å². The summed E-state index contributed by atoms with van der Waals surface area (Å²) in [5.74, 6) is 0.962. The lowest BCUT2D eigenvalue weighted by atomic mass is 10.1.